The van der Waals surface area contributed by atoms with Crippen molar-refractivity contribution in [3.05, 3.63) is 28.8 Å². The number of nitrogens with zero attached hydrogens (tertiary/aromatic N) is 1. The first kappa shape index (κ1) is 16.1. The topological polar surface area (TPSA) is 49.8 Å². The van der Waals surface area contributed by atoms with Gasteiger partial charge in [0, 0.05) is 24.2 Å². The summed E-state index contributed by atoms with van der Waals surface area (Å²) in [7, 11) is 0. The average molecular weight is 312 g/mol. The second kappa shape index (κ2) is 7.66. The maximum atomic E-state index is 12.3. The van der Waals surface area contributed by atoms with Crippen LogP contribution in [0, 0.1) is 6.92 Å². The van der Waals surface area contributed by atoms with Crippen LogP contribution in [0.2, 0.25) is 5.02 Å². The summed E-state index contributed by atoms with van der Waals surface area (Å²) in [5.74, 6) is 0.640. The van der Waals surface area contributed by atoms with Gasteiger partial charge >= 0.3 is 0 Å². The summed E-state index contributed by atoms with van der Waals surface area (Å²) in [4.78, 5) is 14.2. The quantitative estimate of drug-likeness (QED) is 0.909. The molecule has 5 heteroatoms. The summed E-state index contributed by atoms with van der Waals surface area (Å²) in [6.07, 6.45) is 3.75. The zero-order valence-corrected chi connectivity index (χ0v) is 13.1. The van der Waals surface area contributed by atoms with Crippen LogP contribution in [0.4, 0.5) is 0 Å². The smallest absolute Gasteiger partial charge is 0.260 e. The van der Waals surface area contributed by atoms with Gasteiger partial charge in [-0.25, -0.2) is 0 Å². The Balaban J connectivity index is 1.92. The lowest BCUT2D eigenvalue weighted by molar-refractivity contribution is -0.137. The van der Waals surface area contributed by atoms with Gasteiger partial charge in [-0.15, -0.1) is 0 Å². The molecular weight excluding hydrogens is 290 g/mol. The highest BCUT2D eigenvalue weighted by Crippen LogP contribution is 2.22. The minimum absolute atomic E-state index is 0.0132. The number of rotatable bonds is 5. The molecule has 0 spiro atoms. The Labute approximate surface area is 130 Å². The van der Waals surface area contributed by atoms with Crippen molar-refractivity contribution in [2.75, 3.05) is 19.8 Å². The molecule has 4 nitrogen and oxygen atoms in total. The first-order valence-corrected chi connectivity index (χ1v) is 7.79. The molecule has 1 fully saturated rings. The van der Waals surface area contributed by atoms with E-state index in [2.05, 4.69) is 0 Å². The number of halogens is 1. The van der Waals surface area contributed by atoms with Gasteiger partial charge in [0.2, 0.25) is 0 Å². The van der Waals surface area contributed by atoms with Gasteiger partial charge in [-0.3, -0.25) is 4.79 Å². The first-order chi connectivity index (χ1) is 10.1. The normalized spacial score (nSPS) is 18.6. The van der Waals surface area contributed by atoms with Crippen molar-refractivity contribution >= 4 is 17.5 Å². The van der Waals surface area contributed by atoms with Crippen LogP contribution in [-0.4, -0.2) is 41.7 Å². The summed E-state index contributed by atoms with van der Waals surface area (Å²) < 4.78 is 5.57. The molecule has 1 amide bonds. The van der Waals surface area contributed by atoms with E-state index < -0.39 is 0 Å². The van der Waals surface area contributed by atoms with Gasteiger partial charge in [-0.2, -0.15) is 0 Å². The van der Waals surface area contributed by atoms with Gasteiger partial charge in [-0.05, 0) is 56.4 Å². The molecular formula is C16H22ClNO3. The lowest BCUT2D eigenvalue weighted by atomic mass is 9.99. The van der Waals surface area contributed by atoms with Gasteiger partial charge < -0.3 is 14.7 Å². The van der Waals surface area contributed by atoms with E-state index in [1.165, 1.54) is 0 Å². The number of ether oxygens (including phenoxy) is 1. The third kappa shape index (κ3) is 4.35. The molecule has 1 aliphatic rings. The van der Waals surface area contributed by atoms with E-state index in [4.69, 9.17) is 21.4 Å². The Morgan fingerprint density at radius 3 is 3.00 bits per heavy atom. The van der Waals surface area contributed by atoms with E-state index in [0.717, 1.165) is 31.4 Å². The number of amides is 1. The minimum atomic E-state index is -0.0132. The monoisotopic (exact) mass is 311 g/mol. The second-order valence-corrected chi connectivity index (χ2v) is 5.86. The molecule has 116 valence electrons. The van der Waals surface area contributed by atoms with Crippen molar-refractivity contribution in [2.24, 2.45) is 0 Å². The van der Waals surface area contributed by atoms with Crippen molar-refractivity contribution in [1.29, 1.82) is 0 Å². The molecule has 2 rings (SSSR count). The molecule has 1 saturated heterocycles. The molecule has 0 aromatic heterocycles. The number of aryl methyl sites for hydroxylation is 1. The first-order valence-electron chi connectivity index (χ1n) is 7.41. The highest BCUT2D eigenvalue weighted by Gasteiger charge is 2.26. The Hall–Kier alpha value is -1.26. The number of carbonyl (C=O) groups excluding carboxylic acids is 1. The lowest BCUT2D eigenvalue weighted by Crippen LogP contribution is -2.46. The SMILES string of the molecule is Cc1cc(OCC(=O)N2CCCCC2CCO)ccc1Cl. The third-order valence-corrected chi connectivity index (χ3v) is 4.33. The maximum absolute atomic E-state index is 12.3. The summed E-state index contributed by atoms with van der Waals surface area (Å²) in [5, 5.41) is 9.79. The molecule has 1 aromatic carbocycles. The predicted octanol–water partition coefficient (Wildman–Crippen LogP) is 2.79. The molecule has 1 aromatic rings. The number of likely N-dealkylation sites (tertiary alicyclic amines) is 1. The molecule has 0 saturated carbocycles. The zero-order chi connectivity index (χ0) is 15.2. The zero-order valence-electron chi connectivity index (χ0n) is 12.3. The minimum Gasteiger partial charge on any atom is -0.484 e. The van der Waals surface area contributed by atoms with Gasteiger partial charge in [0.05, 0.1) is 0 Å². The molecule has 1 atom stereocenters. The molecule has 21 heavy (non-hydrogen) atoms. The number of benzene rings is 1. The van der Waals surface area contributed by atoms with Crippen molar-refractivity contribution < 1.29 is 14.6 Å². The van der Waals surface area contributed by atoms with E-state index in [1.54, 1.807) is 12.1 Å². The van der Waals surface area contributed by atoms with Gasteiger partial charge in [-0.1, -0.05) is 11.6 Å². The van der Waals surface area contributed by atoms with Crippen molar-refractivity contribution in [3.63, 3.8) is 0 Å². The molecule has 1 aliphatic heterocycles. The maximum Gasteiger partial charge on any atom is 0.260 e. The molecule has 1 heterocycles. The van der Waals surface area contributed by atoms with Gasteiger partial charge in [0.25, 0.3) is 5.91 Å². The Kier molecular flexibility index (Phi) is 5.88. The summed E-state index contributed by atoms with van der Waals surface area (Å²) in [5.41, 5.74) is 0.928. The van der Waals surface area contributed by atoms with Crippen molar-refractivity contribution in [2.45, 2.75) is 38.6 Å². The van der Waals surface area contributed by atoms with Crippen LogP contribution in [0.25, 0.3) is 0 Å². The Morgan fingerprint density at radius 1 is 1.48 bits per heavy atom. The number of aliphatic hydroxyl groups is 1. The van der Waals surface area contributed by atoms with Crippen LogP contribution >= 0.6 is 11.6 Å². The van der Waals surface area contributed by atoms with Crippen LogP contribution in [0.3, 0.4) is 0 Å². The highest BCUT2D eigenvalue weighted by atomic mass is 35.5. The van der Waals surface area contributed by atoms with Crippen LogP contribution in [0.1, 0.15) is 31.2 Å². The molecule has 0 aliphatic carbocycles. The Bertz CT molecular complexity index is 490. The standard InChI is InChI=1S/C16H22ClNO3/c1-12-10-14(5-6-15(12)17)21-11-16(20)18-8-3-2-4-13(18)7-9-19/h5-6,10,13,19H,2-4,7-9,11H2,1H3. The summed E-state index contributed by atoms with van der Waals surface area (Å²) in [6.45, 7) is 2.81. The van der Waals surface area contributed by atoms with Crippen molar-refractivity contribution in [1.82, 2.24) is 4.90 Å². The molecule has 0 radical (unpaired) electrons. The van der Waals surface area contributed by atoms with E-state index >= 15 is 0 Å². The predicted molar refractivity (Wildman–Crippen MR) is 82.7 cm³/mol. The van der Waals surface area contributed by atoms with Crippen LogP contribution in [-0.2, 0) is 4.79 Å². The van der Waals surface area contributed by atoms with E-state index in [0.29, 0.717) is 17.2 Å². The number of aliphatic hydroxyl groups excluding tert-OH is 1. The summed E-state index contributed by atoms with van der Waals surface area (Å²) >= 11 is 5.96. The number of hydrogen-bond donors (Lipinski definition) is 1. The lowest BCUT2D eigenvalue weighted by Gasteiger charge is -2.35. The van der Waals surface area contributed by atoms with Crippen molar-refractivity contribution in [3.8, 4) is 5.75 Å². The van der Waals surface area contributed by atoms with Gasteiger partial charge in [0.15, 0.2) is 6.61 Å². The number of piperidine rings is 1. The molecule has 1 unspecified atom stereocenters. The largest absolute Gasteiger partial charge is 0.484 e. The molecule has 1 N–H and O–H groups in total. The fraction of sp³-hybridized carbons (Fsp3) is 0.562. The summed E-state index contributed by atoms with van der Waals surface area (Å²) in [6, 6.07) is 5.51. The Morgan fingerprint density at radius 2 is 2.29 bits per heavy atom. The third-order valence-electron chi connectivity index (χ3n) is 3.90. The molecule has 0 bridgehead atoms. The fourth-order valence-electron chi connectivity index (χ4n) is 2.71. The highest BCUT2D eigenvalue weighted by molar-refractivity contribution is 6.31. The van der Waals surface area contributed by atoms with Crippen LogP contribution < -0.4 is 4.74 Å². The second-order valence-electron chi connectivity index (χ2n) is 5.45. The van der Waals surface area contributed by atoms with E-state index in [1.807, 2.05) is 17.9 Å². The number of hydrogen-bond acceptors (Lipinski definition) is 3. The van der Waals surface area contributed by atoms with E-state index in [-0.39, 0.29) is 25.2 Å². The number of carbonyl (C=O) groups is 1. The van der Waals surface area contributed by atoms with Crippen LogP contribution in [0.15, 0.2) is 18.2 Å². The van der Waals surface area contributed by atoms with Gasteiger partial charge in [0.1, 0.15) is 5.75 Å². The average Bonchev–Trinajstić information content (AvgIpc) is 2.49. The fourth-order valence-corrected chi connectivity index (χ4v) is 2.83. The van der Waals surface area contributed by atoms with E-state index in [9.17, 15) is 4.79 Å². The van der Waals surface area contributed by atoms with Crippen LogP contribution in [0.5, 0.6) is 5.75 Å².